The lowest BCUT2D eigenvalue weighted by Gasteiger charge is -2.14. The van der Waals surface area contributed by atoms with Crippen LogP contribution < -0.4 is 5.32 Å². The van der Waals surface area contributed by atoms with Gasteiger partial charge in [0.05, 0.1) is 5.52 Å². The first-order valence-electron chi connectivity index (χ1n) is 7.35. The number of aromatic nitrogens is 1. The molecule has 1 aliphatic rings. The Labute approximate surface area is 115 Å². The molecule has 1 aliphatic carbocycles. The SMILES string of the molecule is CCCNc1cc(C2CC2)nc2c(C)ccc(C)c12. The van der Waals surface area contributed by atoms with Crippen molar-refractivity contribution >= 4 is 16.6 Å². The van der Waals surface area contributed by atoms with Gasteiger partial charge in [0.2, 0.25) is 0 Å². The normalized spacial score (nSPS) is 14.9. The molecule has 1 fully saturated rings. The van der Waals surface area contributed by atoms with Crippen LogP contribution >= 0.6 is 0 Å². The highest BCUT2D eigenvalue weighted by molar-refractivity contribution is 5.96. The van der Waals surface area contributed by atoms with Crippen molar-refractivity contribution in [3.63, 3.8) is 0 Å². The summed E-state index contributed by atoms with van der Waals surface area (Å²) in [5.41, 5.74) is 6.33. The molecule has 0 amide bonds. The molecule has 19 heavy (non-hydrogen) atoms. The van der Waals surface area contributed by atoms with Crippen molar-refractivity contribution in [2.75, 3.05) is 11.9 Å². The van der Waals surface area contributed by atoms with E-state index in [2.05, 4.69) is 44.3 Å². The molecular weight excluding hydrogens is 232 g/mol. The predicted molar refractivity (Wildman–Crippen MR) is 82.0 cm³/mol. The number of nitrogens with zero attached hydrogens (tertiary/aromatic N) is 1. The Morgan fingerprint density at radius 1 is 1.21 bits per heavy atom. The van der Waals surface area contributed by atoms with Gasteiger partial charge in [0, 0.05) is 29.2 Å². The summed E-state index contributed by atoms with van der Waals surface area (Å²) in [6.07, 6.45) is 3.75. The van der Waals surface area contributed by atoms with E-state index in [1.165, 1.54) is 46.3 Å². The highest BCUT2D eigenvalue weighted by Crippen LogP contribution is 2.41. The molecule has 0 spiro atoms. The fourth-order valence-electron chi connectivity index (χ4n) is 2.65. The molecule has 1 aromatic carbocycles. The van der Waals surface area contributed by atoms with Crippen LogP contribution in [0.4, 0.5) is 5.69 Å². The van der Waals surface area contributed by atoms with Gasteiger partial charge in [-0.3, -0.25) is 4.98 Å². The van der Waals surface area contributed by atoms with Gasteiger partial charge in [-0.15, -0.1) is 0 Å². The quantitative estimate of drug-likeness (QED) is 0.865. The van der Waals surface area contributed by atoms with Gasteiger partial charge in [0.15, 0.2) is 0 Å². The third-order valence-corrected chi connectivity index (χ3v) is 3.95. The minimum absolute atomic E-state index is 0.700. The van der Waals surface area contributed by atoms with Gasteiger partial charge in [-0.25, -0.2) is 0 Å². The van der Waals surface area contributed by atoms with E-state index in [1.54, 1.807) is 0 Å². The average Bonchev–Trinajstić information content (AvgIpc) is 3.24. The Kier molecular flexibility index (Phi) is 3.17. The molecule has 100 valence electrons. The molecule has 0 saturated heterocycles. The van der Waals surface area contributed by atoms with Crippen LogP contribution in [0.15, 0.2) is 18.2 Å². The number of hydrogen-bond donors (Lipinski definition) is 1. The molecular formula is C17H22N2. The largest absolute Gasteiger partial charge is 0.384 e. The third kappa shape index (κ3) is 2.32. The van der Waals surface area contributed by atoms with Crippen molar-refractivity contribution in [3.05, 3.63) is 35.0 Å². The zero-order valence-electron chi connectivity index (χ0n) is 12.1. The van der Waals surface area contributed by atoms with Crippen molar-refractivity contribution in [2.45, 2.75) is 46.0 Å². The van der Waals surface area contributed by atoms with Crippen LogP contribution in [0, 0.1) is 13.8 Å². The molecule has 1 saturated carbocycles. The number of fused-ring (bicyclic) bond motifs is 1. The van der Waals surface area contributed by atoms with Crippen LogP contribution in [0.2, 0.25) is 0 Å². The maximum Gasteiger partial charge on any atom is 0.0758 e. The fraction of sp³-hybridized carbons (Fsp3) is 0.471. The molecule has 3 rings (SSSR count). The van der Waals surface area contributed by atoms with Crippen molar-refractivity contribution in [1.29, 1.82) is 0 Å². The summed E-state index contributed by atoms with van der Waals surface area (Å²) in [6.45, 7) is 7.57. The van der Waals surface area contributed by atoms with E-state index in [4.69, 9.17) is 4.98 Å². The number of aryl methyl sites for hydroxylation is 2. The van der Waals surface area contributed by atoms with Gasteiger partial charge in [-0.2, -0.15) is 0 Å². The number of benzene rings is 1. The smallest absolute Gasteiger partial charge is 0.0758 e. The van der Waals surface area contributed by atoms with E-state index in [0.29, 0.717) is 5.92 Å². The van der Waals surface area contributed by atoms with Crippen LogP contribution in [0.5, 0.6) is 0 Å². The molecule has 1 heterocycles. The minimum Gasteiger partial charge on any atom is -0.384 e. The number of nitrogens with one attached hydrogen (secondary N) is 1. The van der Waals surface area contributed by atoms with Gasteiger partial charge in [-0.1, -0.05) is 19.1 Å². The summed E-state index contributed by atoms with van der Waals surface area (Å²) in [7, 11) is 0. The highest BCUT2D eigenvalue weighted by Gasteiger charge is 2.26. The number of anilines is 1. The minimum atomic E-state index is 0.700. The summed E-state index contributed by atoms with van der Waals surface area (Å²) >= 11 is 0. The average molecular weight is 254 g/mol. The topological polar surface area (TPSA) is 24.9 Å². The van der Waals surface area contributed by atoms with E-state index in [1.807, 2.05) is 0 Å². The van der Waals surface area contributed by atoms with Crippen LogP contribution in [-0.2, 0) is 0 Å². The molecule has 2 heteroatoms. The van der Waals surface area contributed by atoms with Gasteiger partial charge in [0.1, 0.15) is 0 Å². The summed E-state index contributed by atoms with van der Waals surface area (Å²) in [4.78, 5) is 4.93. The molecule has 1 aromatic heterocycles. The summed E-state index contributed by atoms with van der Waals surface area (Å²) in [5.74, 6) is 0.700. The van der Waals surface area contributed by atoms with Crippen LogP contribution in [-0.4, -0.2) is 11.5 Å². The van der Waals surface area contributed by atoms with E-state index in [9.17, 15) is 0 Å². The van der Waals surface area contributed by atoms with Crippen LogP contribution in [0.25, 0.3) is 10.9 Å². The Morgan fingerprint density at radius 2 is 1.95 bits per heavy atom. The second kappa shape index (κ2) is 4.84. The number of pyridine rings is 1. The summed E-state index contributed by atoms with van der Waals surface area (Å²) in [5, 5.41) is 4.89. The first-order chi connectivity index (χ1) is 9.20. The predicted octanol–water partition coefficient (Wildman–Crippen LogP) is 4.55. The zero-order chi connectivity index (χ0) is 13.4. The van der Waals surface area contributed by atoms with E-state index < -0.39 is 0 Å². The molecule has 0 bridgehead atoms. The Bertz CT molecular complexity index is 612. The van der Waals surface area contributed by atoms with Crippen LogP contribution in [0.1, 0.15) is 48.9 Å². The monoisotopic (exact) mass is 254 g/mol. The Morgan fingerprint density at radius 3 is 2.63 bits per heavy atom. The third-order valence-electron chi connectivity index (χ3n) is 3.95. The number of rotatable bonds is 4. The molecule has 0 radical (unpaired) electrons. The first kappa shape index (κ1) is 12.5. The van der Waals surface area contributed by atoms with Crippen molar-refractivity contribution in [2.24, 2.45) is 0 Å². The number of hydrogen-bond acceptors (Lipinski definition) is 2. The van der Waals surface area contributed by atoms with E-state index >= 15 is 0 Å². The van der Waals surface area contributed by atoms with Crippen molar-refractivity contribution < 1.29 is 0 Å². The second-order valence-electron chi connectivity index (χ2n) is 5.72. The van der Waals surface area contributed by atoms with E-state index in [-0.39, 0.29) is 0 Å². The van der Waals surface area contributed by atoms with Gasteiger partial charge < -0.3 is 5.32 Å². The fourth-order valence-corrected chi connectivity index (χ4v) is 2.65. The second-order valence-corrected chi connectivity index (χ2v) is 5.72. The lowest BCUT2D eigenvalue weighted by atomic mass is 10.0. The maximum absolute atomic E-state index is 4.93. The first-order valence-corrected chi connectivity index (χ1v) is 7.35. The van der Waals surface area contributed by atoms with Crippen molar-refractivity contribution in [1.82, 2.24) is 4.98 Å². The lowest BCUT2D eigenvalue weighted by Crippen LogP contribution is -2.04. The summed E-state index contributed by atoms with van der Waals surface area (Å²) in [6, 6.07) is 6.67. The molecule has 0 unspecified atom stereocenters. The van der Waals surface area contributed by atoms with Gasteiger partial charge in [0.25, 0.3) is 0 Å². The highest BCUT2D eigenvalue weighted by atomic mass is 14.9. The van der Waals surface area contributed by atoms with Gasteiger partial charge in [-0.05, 0) is 50.3 Å². The zero-order valence-corrected chi connectivity index (χ0v) is 12.1. The van der Waals surface area contributed by atoms with Crippen molar-refractivity contribution in [3.8, 4) is 0 Å². The molecule has 0 atom stereocenters. The molecule has 1 N–H and O–H groups in total. The Balaban J connectivity index is 2.20. The molecule has 0 aliphatic heterocycles. The van der Waals surface area contributed by atoms with E-state index in [0.717, 1.165) is 13.0 Å². The molecule has 2 nitrogen and oxygen atoms in total. The Hall–Kier alpha value is -1.57. The maximum atomic E-state index is 4.93. The van der Waals surface area contributed by atoms with Gasteiger partial charge >= 0.3 is 0 Å². The summed E-state index contributed by atoms with van der Waals surface area (Å²) < 4.78 is 0. The van der Waals surface area contributed by atoms with Crippen LogP contribution in [0.3, 0.4) is 0 Å². The lowest BCUT2D eigenvalue weighted by molar-refractivity contribution is 0.975. The standard InChI is InChI=1S/C17H22N2/c1-4-9-18-15-10-14(13-7-8-13)19-17-12(3)6-5-11(2)16(15)17/h5-6,10,13H,4,7-9H2,1-3H3,(H,18,19). The molecule has 2 aromatic rings.